The maximum absolute atomic E-state index is 3.84. The fourth-order valence-electron chi connectivity index (χ4n) is 3.12. The van der Waals surface area contributed by atoms with Gasteiger partial charge in [-0.3, -0.25) is 0 Å². The first-order valence-electron chi connectivity index (χ1n) is 6.61. The topological polar surface area (TPSA) is 12.0 Å². The average molecular weight is 227 g/mol. The molecule has 0 spiro atoms. The molecule has 0 aromatic rings. The lowest BCUT2D eigenvalue weighted by Gasteiger charge is -2.28. The number of nitrogens with one attached hydrogen (secondary N) is 1. The Balaban J connectivity index is 1.77. The third-order valence-electron chi connectivity index (χ3n) is 4.22. The summed E-state index contributed by atoms with van der Waals surface area (Å²) in [6.07, 6.45) is 8.51. The average Bonchev–Trinajstić information content (AvgIpc) is 2.84. The van der Waals surface area contributed by atoms with E-state index in [2.05, 4.69) is 30.9 Å². The predicted octanol–water partition coefficient (Wildman–Crippen LogP) is 3.44. The highest BCUT2D eigenvalue weighted by molar-refractivity contribution is 8.00. The zero-order valence-corrected chi connectivity index (χ0v) is 11.0. The lowest BCUT2D eigenvalue weighted by atomic mass is 9.99. The van der Waals surface area contributed by atoms with Crippen LogP contribution in [0.5, 0.6) is 0 Å². The van der Waals surface area contributed by atoms with Crippen molar-refractivity contribution in [2.24, 2.45) is 5.92 Å². The third-order valence-corrected chi connectivity index (χ3v) is 5.76. The first-order chi connectivity index (χ1) is 7.23. The van der Waals surface area contributed by atoms with Gasteiger partial charge in [-0.1, -0.05) is 19.8 Å². The second-order valence-corrected chi connectivity index (χ2v) is 7.17. The molecule has 2 aliphatic rings. The lowest BCUT2D eigenvalue weighted by Crippen LogP contribution is -2.41. The van der Waals surface area contributed by atoms with Crippen LogP contribution in [0.3, 0.4) is 0 Å². The summed E-state index contributed by atoms with van der Waals surface area (Å²) in [6.45, 7) is 6.02. The fourth-order valence-corrected chi connectivity index (χ4v) is 4.37. The monoisotopic (exact) mass is 227 g/mol. The van der Waals surface area contributed by atoms with Crippen molar-refractivity contribution in [1.29, 1.82) is 0 Å². The van der Waals surface area contributed by atoms with Gasteiger partial charge in [0.25, 0.3) is 0 Å². The van der Waals surface area contributed by atoms with Gasteiger partial charge in [0, 0.05) is 17.3 Å². The van der Waals surface area contributed by atoms with Gasteiger partial charge >= 0.3 is 0 Å². The largest absolute Gasteiger partial charge is 0.312 e. The summed E-state index contributed by atoms with van der Waals surface area (Å²) < 4.78 is 0.543. The first-order valence-corrected chi connectivity index (χ1v) is 7.59. The van der Waals surface area contributed by atoms with Crippen LogP contribution >= 0.6 is 11.8 Å². The highest BCUT2D eigenvalue weighted by Crippen LogP contribution is 2.38. The predicted molar refractivity (Wildman–Crippen MR) is 69.5 cm³/mol. The summed E-state index contributed by atoms with van der Waals surface area (Å²) >= 11 is 2.17. The molecule has 1 aliphatic heterocycles. The zero-order chi connectivity index (χ0) is 10.7. The summed E-state index contributed by atoms with van der Waals surface area (Å²) in [7, 11) is 0. The van der Waals surface area contributed by atoms with Crippen molar-refractivity contribution in [1.82, 2.24) is 5.32 Å². The normalized spacial score (nSPS) is 41.2. The molecule has 2 fully saturated rings. The van der Waals surface area contributed by atoms with Gasteiger partial charge in [0.1, 0.15) is 0 Å². The smallest absolute Gasteiger partial charge is 0.0256 e. The Bertz CT molecular complexity index is 199. The molecule has 0 radical (unpaired) electrons. The molecule has 1 saturated carbocycles. The van der Waals surface area contributed by atoms with Crippen molar-refractivity contribution >= 4 is 11.8 Å². The Morgan fingerprint density at radius 2 is 2.20 bits per heavy atom. The van der Waals surface area contributed by atoms with Gasteiger partial charge < -0.3 is 5.32 Å². The standard InChI is InChI=1S/C13H25NS/c1-3-11-6-4-7-12(11)14-10-13(2)8-5-9-15-13/h11-12,14H,3-10H2,1-2H3. The van der Waals surface area contributed by atoms with Gasteiger partial charge in [-0.05, 0) is 44.3 Å². The van der Waals surface area contributed by atoms with Gasteiger partial charge in [-0.2, -0.15) is 11.8 Å². The summed E-state index contributed by atoms with van der Waals surface area (Å²) in [5.74, 6) is 2.33. The fraction of sp³-hybridized carbons (Fsp3) is 1.00. The Hall–Kier alpha value is 0.310. The molecule has 1 N–H and O–H groups in total. The third kappa shape index (κ3) is 2.91. The molecule has 2 heteroatoms. The molecule has 0 bridgehead atoms. The van der Waals surface area contributed by atoms with Crippen LogP contribution in [0.1, 0.15) is 52.4 Å². The van der Waals surface area contributed by atoms with E-state index >= 15 is 0 Å². The van der Waals surface area contributed by atoms with E-state index in [0.717, 1.165) is 12.0 Å². The highest BCUT2D eigenvalue weighted by Gasteiger charge is 2.32. The van der Waals surface area contributed by atoms with Crippen LogP contribution in [-0.4, -0.2) is 23.1 Å². The Labute approximate surface area is 98.8 Å². The van der Waals surface area contributed by atoms with Crippen molar-refractivity contribution in [3.8, 4) is 0 Å². The van der Waals surface area contributed by atoms with E-state index in [1.165, 1.54) is 50.8 Å². The van der Waals surface area contributed by atoms with Gasteiger partial charge in [0.05, 0.1) is 0 Å². The molecule has 1 aliphatic carbocycles. The number of thioether (sulfide) groups is 1. The molecule has 1 heterocycles. The van der Waals surface area contributed by atoms with Crippen LogP contribution < -0.4 is 5.32 Å². The van der Waals surface area contributed by atoms with E-state index in [0.29, 0.717) is 4.75 Å². The van der Waals surface area contributed by atoms with Crippen molar-refractivity contribution in [2.75, 3.05) is 12.3 Å². The number of hydrogen-bond acceptors (Lipinski definition) is 2. The number of hydrogen-bond donors (Lipinski definition) is 1. The van der Waals surface area contributed by atoms with Gasteiger partial charge in [-0.25, -0.2) is 0 Å². The van der Waals surface area contributed by atoms with E-state index in [4.69, 9.17) is 0 Å². The van der Waals surface area contributed by atoms with Crippen molar-refractivity contribution in [2.45, 2.75) is 63.2 Å². The molecular formula is C13H25NS. The second-order valence-electron chi connectivity index (χ2n) is 5.49. The molecule has 0 aromatic heterocycles. The van der Waals surface area contributed by atoms with Gasteiger partial charge in [-0.15, -0.1) is 0 Å². The van der Waals surface area contributed by atoms with Crippen LogP contribution in [0.15, 0.2) is 0 Å². The minimum absolute atomic E-state index is 0.543. The Kier molecular flexibility index (Phi) is 4.00. The summed E-state index contributed by atoms with van der Waals surface area (Å²) in [5.41, 5.74) is 0. The molecule has 88 valence electrons. The molecular weight excluding hydrogens is 202 g/mol. The van der Waals surface area contributed by atoms with Crippen LogP contribution in [0.25, 0.3) is 0 Å². The van der Waals surface area contributed by atoms with Crippen LogP contribution in [0.4, 0.5) is 0 Å². The lowest BCUT2D eigenvalue weighted by molar-refractivity contribution is 0.373. The SMILES string of the molecule is CCC1CCCC1NCC1(C)CCCS1. The van der Waals surface area contributed by atoms with Gasteiger partial charge in [0.15, 0.2) is 0 Å². The van der Waals surface area contributed by atoms with Crippen LogP contribution in [-0.2, 0) is 0 Å². The summed E-state index contributed by atoms with van der Waals surface area (Å²) in [4.78, 5) is 0. The van der Waals surface area contributed by atoms with E-state index in [-0.39, 0.29) is 0 Å². The molecule has 2 rings (SSSR count). The minimum Gasteiger partial charge on any atom is -0.312 e. The van der Waals surface area contributed by atoms with Crippen LogP contribution in [0.2, 0.25) is 0 Å². The van der Waals surface area contributed by atoms with E-state index < -0.39 is 0 Å². The highest BCUT2D eigenvalue weighted by atomic mass is 32.2. The van der Waals surface area contributed by atoms with Crippen LogP contribution in [0, 0.1) is 5.92 Å². The molecule has 1 nitrogen and oxygen atoms in total. The van der Waals surface area contributed by atoms with Crippen molar-refractivity contribution < 1.29 is 0 Å². The Morgan fingerprint density at radius 3 is 2.87 bits per heavy atom. The Morgan fingerprint density at radius 1 is 1.33 bits per heavy atom. The van der Waals surface area contributed by atoms with Gasteiger partial charge in [0.2, 0.25) is 0 Å². The van der Waals surface area contributed by atoms with E-state index in [1.807, 2.05) is 0 Å². The maximum atomic E-state index is 3.84. The van der Waals surface area contributed by atoms with Crippen molar-refractivity contribution in [3.63, 3.8) is 0 Å². The second kappa shape index (κ2) is 5.09. The summed E-state index contributed by atoms with van der Waals surface area (Å²) in [6, 6.07) is 0.827. The molecule has 3 unspecified atom stereocenters. The molecule has 0 amide bonds. The molecule has 1 saturated heterocycles. The zero-order valence-electron chi connectivity index (χ0n) is 10.2. The number of rotatable bonds is 4. The molecule has 15 heavy (non-hydrogen) atoms. The molecule has 3 atom stereocenters. The van der Waals surface area contributed by atoms with E-state index in [9.17, 15) is 0 Å². The summed E-state index contributed by atoms with van der Waals surface area (Å²) in [5, 5.41) is 3.84. The molecule has 0 aromatic carbocycles. The minimum atomic E-state index is 0.543. The quantitative estimate of drug-likeness (QED) is 0.789. The van der Waals surface area contributed by atoms with Crippen molar-refractivity contribution in [3.05, 3.63) is 0 Å². The van der Waals surface area contributed by atoms with E-state index in [1.54, 1.807) is 0 Å². The first kappa shape index (κ1) is 11.8. The maximum Gasteiger partial charge on any atom is 0.0256 e.